The molecule has 0 saturated carbocycles. The van der Waals surface area contributed by atoms with E-state index in [4.69, 9.17) is 14.2 Å². The normalized spacial score (nSPS) is 10.2. The molecule has 3 aromatic rings. The van der Waals surface area contributed by atoms with Gasteiger partial charge in [-0.2, -0.15) is 4.98 Å². The number of urea groups is 1. The molecular weight excluding hydrogens is 391 g/mol. The van der Waals surface area contributed by atoms with Crippen molar-refractivity contribution in [2.45, 2.75) is 13.1 Å². The molecule has 3 rings (SSSR count). The lowest BCUT2D eigenvalue weighted by Crippen LogP contribution is -2.34. The standard InChI is InChI=1S/C21H21FN4O4/c1-28-19-8-6-15(20(26-19)29-2)12-25-21(27)24-11-14-5-7-18(17(22)10-14)30-16-4-3-9-23-13-16/h3-10,13H,11-12H2,1-2H3,(H2,24,25,27). The Morgan fingerprint density at radius 1 is 1.07 bits per heavy atom. The predicted octanol–water partition coefficient (Wildman–Crippen LogP) is 3.42. The van der Waals surface area contributed by atoms with Gasteiger partial charge in [0.25, 0.3) is 0 Å². The number of hydrogen-bond donors (Lipinski definition) is 2. The molecule has 0 saturated heterocycles. The fourth-order valence-corrected chi connectivity index (χ4v) is 2.57. The van der Waals surface area contributed by atoms with Crippen LogP contribution in [0.4, 0.5) is 9.18 Å². The zero-order chi connectivity index (χ0) is 21.3. The third-order valence-corrected chi connectivity index (χ3v) is 4.07. The maximum Gasteiger partial charge on any atom is 0.315 e. The average molecular weight is 412 g/mol. The van der Waals surface area contributed by atoms with Gasteiger partial charge in [0.15, 0.2) is 11.6 Å². The molecule has 2 heterocycles. The molecule has 0 unspecified atom stereocenters. The number of aromatic nitrogens is 2. The molecule has 0 bridgehead atoms. The van der Waals surface area contributed by atoms with E-state index in [1.807, 2.05) is 0 Å². The van der Waals surface area contributed by atoms with Gasteiger partial charge in [0.2, 0.25) is 11.8 Å². The van der Waals surface area contributed by atoms with Crippen LogP contribution in [0.5, 0.6) is 23.3 Å². The number of benzene rings is 1. The molecule has 0 atom stereocenters. The second-order valence-corrected chi connectivity index (χ2v) is 6.11. The van der Waals surface area contributed by atoms with E-state index in [2.05, 4.69) is 20.6 Å². The van der Waals surface area contributed by atoms with Crippen LogP contribution < -0.4 is 24.8 Å². The summed E-state index contributed by atoms with van der Waals surface area (Å²) in [7, 11) is 3.00. The van der Waals surface area contributed by atoms with Crippen LogP contribution in [0.1, 0.15) is 11.1 Å². The lowest BCUT2D eigenvalue weighted by Gasteiger charge is -2.11. The lowest BCUT2D eigenvalue weighted by molar-refractivity contribution is 0.240. The minimum Gasteiger partial charge on any atom is -0.481 e. The van der Waals surface area contributed by atoms with Gasteiger partial charge < -0.3 is 24.8 Å². The largest absolute Gasteiger partial charge is 0.481 e. The van der Waals surface area contributed by atoms with Gasteiger partial charge in [-0.1, -0.05) is 6.07 Å². The Bertz CT molecular complexity index is 1000. The number of pyridine rings is 2. The molecule has 2 aromatic heterocycles. The highest BCUT2D eigenvalue weighted by Crippen LogP contribution is 2.24. The molecule has 2 N–H and O–H groups in total. The van der Waals surface area contributed by atoms with Gasteiger partial charge in [-0.3, -0.25) is 4.98 Å². The summed E-state index contributed by atoms with van der Waals surface area (Å²) in [4.78, 5) is 20.1. The third kappa shape index (κ3) is 5.57. The first-order valence-corrected chi connectivity index (χ1v) is 9.05. The Kier molecular flexibility index (Phi) is 6.99. The van der Waals surface area contributed by atoms with E-state index in [1.54, 1.807) is 36.5 Å². The first kappa shape index (κ1) is 20.8. The summed E-state index contributed by atoms with van der Waals surface area (Å²) >= 11 is 0. The van der Waals surface area contributed by atoms with Gasteiger partial charge in [0.05, 0.1) is 20.4 Å². The minimum absolute atomic E-state index is 0.0790. The van der Waals surface area contributed by atoms with Crippen molar-refractivity contribution in [3.63, 3.8) is 0 Å². The van der Waals surface area contributed by atoms with Crippen LogP contribution in [-0.2, 0) is 13.1 Å². The van der Waals surface area contributed by atoms with Crippen molar-refractivity contribution in [2.75, 3.05) is 14.2 Å². The highest BCUT2D eigenvalue weighted by molar-refractivity contribution is 5.73. The molecule has 156 valence electrons. The Morgan fingerprint density at radius 3 is 2.60 bits per heavy atom. The maximum atomic E-state index is 14.3. The van der Waals surface area contributed by atoms with Crippen molar-refractivity contribution in [3.05, 3.63) is 71.8 Å². The molecule has 0 aliphatic carbocycles. The van der Waals surface area contributed by atoms with Crippen molar-refractivity contribution in [3.8, 4) is 23.3 Å². The first-order valence-electron chi connectivity index (χ1n) is 9.05. The Morgan fingerprint density at radius 2 is 1.90 bits per heavy atom. The summed E-state index contributed by atoms with van der Waals surface area (Å²) in [6.45, 7) is 0.353. The number of ether oxygens (including phenoxy) is 3. The summed E-state index contributed by atoms with van der Waals surface area (Å²) in [6.07, 6.45) is 3.09. The average Bonchev–Trinajstić information content (AvgIpc) is 2.78. The van der Waals surface area contributed by atoms with Gasteiger partial charge in [-0.05, 0) is 35.9 Å². The molecule has 0 spiro atoms. The third-order valence-electron chi connectivity index (χ3n) is 4.07. The fourth-order valence-electron chi connectivity index (χ4n) is 2.57. The smallest absolute Gasteiger partial charge is 0.315 e. The van der Waals surface area contributed by atoms with Gasteiger partial charge in [0.1, 0.15) is 5.75 Å². The lowest BCUT2D eigenvalue weighted by atomic mass is 10.2. The minimum atomic E-state index is -0.535. The van der Waals surface area contributed by atoms with E-state index in [9.17, 15) is 9.18 Å². The second kappa shape index (κ2) is 10.1. The summed E-state index contributed by atoms with van der Waals surface area (Å²) in [6, 6.07) is 10.9. The molecule has 30 heavy (non-hydrogen) atoms. The van der Waals surface area contributed by atoms with Crippen molar-refractivity contribution in [1.82, 2.24) is 20.6 Å². The van der Waals surface area contributed by atoms with E-state index >= 15 is 0 Å². The van der Waals surface area contributed by atoms with E-state index in [-0.39, 0.29) is 18.8 Å². The number of nitrogens with one attached hydrogen (secondary N) is 2. The molecule has 9 heteroatoms. The molecule has 0 fully saturated rings. The highest BCUT2D eigenvalue weighted by Gasteiger charge is 2.10. The molecule has 2 amide bonds. The van der Waals surface area contributed by atoms with Crippen LogP contribution >= 0.6 is 0 Å². The quantitative estimate of drug-likeness (QED) is 0.589. The van der Waals surface area contributed by atoms with Crippen LogP contribution in [0.2, 0.25) is 0 Å². The first-order chi connectivity index (χ1) is 14.6. The van der Waals surface area contributed by atoms with Crippen molar-refractivity contribution < 1.29 is 23.4 Å². The van der Waals surface area contributed by atoms with Gasteiger partial charge >= 0.3 is 6.03 Å². The zero-order valence-corrected chi connectivity index (χ0v) is 16.5. The second-order valence-electron chi connectivity index (χ2n) is 6.11. The number of halogens is 1. The summed E-state index contributed by atoms with van der Waals surface area (Å²) in [5, 5.41) is 5.38. The van der Waals surface area contributed by atoms with Crippen LogP contribution in [0.25, 0.3) is 0 Å². The van der Waals surface area contributed by atoms with Crippen LogP contribution in [-0.4, -0.2) is 30.2 Å². The van der Waals surface area contributed by atoms with Gasteiger partial charge in [-0.15, -0.1) is 0 Å². The predicted molar refractivity (Wildman–Crippen MR) is 107 cm³/mol. The van der Waals surface area contributed by atoms with E-state index in [0.717, 1.165) is 0 Å². The molecule has 0 aliphatic rings. The van der Waals surface area contributed by atoms with Crippen molar-refractivity contribution in [1.29, 1.82) is 0 Å². The molecular formula is C21H21FN4O4. The summed E-state index contributed by atoms with van der Waals surface area (Å²) in [5.41, 5.74) is 1.28. The Labute approximate surface area is 173 Å². The topological polar surface area (TPSA) is 94.6 Å². The number of methoxy groups -OCH3 is 2. The van der Waals surface area contributed by atoms with Gasteiger partial charge in [-0.25, -0.2) is 9.18 Å². The molecule has 1 aromatic carbocycles. The maximum absolute atomic E-state index is 14.3. The number of rotatable bonds is 8. The van der Waals surface area contributed by atoms with Crippen LogP contribution in [0.15, 0.2) is 54.9 Å². The van der Waals surface area contributed by atoms with Gasteiger partial charge in [0, 0.05) is 30.9 Å². The van der Waals surface area contributed by atoms with Crippen molar-refractivity contribution in [2.24, 2.45) is 0 Å². The molecule has 8 nitrogen and oxygen atoms in total. The SMILES string of the molecule is COc1ccc(CNC(=O)NCc2ccc(Oc3cccnc3)c(F)c2)c(OC)n1. The number of amides is 2. The summed E-state index contributed by atoms with van der Waals surface area (Å²) < 4.78 is 30.0. The molecule has 0 aliphatic heterocycles. The number of carbonyl (C=O) groups excluding carboxylic acids is 1. The van der Waals surface area contributed by atoms with Crippen LogP contribution in [0, 0.1) is 5.82 Å². The van der Waals surface area contributed by atoms with E-state index in [0.29, 0.717) is 28.6 Å². The van der Waals surface area contributed by atoms with Crippen LogP contribution in [0.3, 0.4) is 0 Å². The monoisotopic (exact) mass is 412 g/mol. The fraction of sp³-hybridized carbons (Fsp3) is 0.190. The van der Waals surface area contributed by atoms with Crippen molar-refractivity contribution >= 4 is 6.03 Å². The highest BCUT2D eigenvalue weighted by atomic mass is 19.1. The van der Waals surface area contributed by atoms with E-state index < -0.39 is 11.8 Å². The summed E-state index contributed by atoms with van der Waals surface area (Å²) in [5.74, 6) is 0.756. The number of hydrogen-bond acceptors (Lipinski definition) is 6. The number of nitrogens with zero attached hydrogens (tertiary/aromatic N) is 2. The Balaban J connectivity index is 1.52. The molecule has 0 radical (unpaired) electrons. The van der Waals surface area contributed by atoms with E-state index in [1.165, 1.54) is 32.5 Å². The zero-order valence-electron chi connectivity index (χ0n) is 16.5. The number of carbonyl (C=O) groups is 1. The Hall–Kier alpha value is -3.88.